The van der Waals surface area contributed by atoms with Crippen LogP contribution in [0.15, 0.2) is 23.1 Å². The molecule has 0 spiro atoms. The topological polar surface area (TPSA) is 18.5 Å². The maximum absolute atomic E-state index is 13.7. The Balaban J connectivity index is 2.50. The average molecular weight is 294 g/mol. The second-order valence-corrected chi connectivity index (χ2v) is 4.26. The first kappa shape index (κ1) is 10.8. The monoisotopic (exact) mass is 292 g/mol. The molecule has 0 aromatic heterocycles. The smallest absolute Gasteiger partial charge is 0.270 e. The van der Waals surface area contributed by atoms with Gasteiger partial charge in [0.25, 0.3) is 6.29 Å². The lowest BCUT2D eigenvalue weighted by molar-refractivity contribution is -0.0277. The first-order valence-corrected chi connectivity index (χ1v) is 5.38. The van der Waals surface area contributed by atoms with Crippen molar-refractivity contribution < 1.29 is 13.9 Å². The molecule has 15 heavy (non-hydrogen) atoms. The van der Waals surface area contributed by atoms with Crippen LogP contribution in [-0.4, -0.2) is 0 Å². The van der Waals surface area contributed by atoms with Crippen LogP contribution >= 0.6 is 27.5 Å². The molecule has 0 atom stereocenters. The van der Waals surface area contributed by atoms with Crippen LogP contribution < -0.4 is 0 Å². The molecule has 5 heteroatoms. The Morgan fingerprint density at radius 1 is 1.40 bits per heavy atom. The number of halogens is 3. The molecule has 0 amide bonds. The summed E-state index contributed by atoms with van der Waals surface area (Å²) >= 11 is 9.22. The van der Waals surface area contributed by atoms with E-state index in [-0.39, 0.29) is 5.56 Å². The molecule has 80 valence electrons. The quantitative estimate of drug-likeness (QED) is 0.727. The molecular weight excluding hydrogens is 286 g/mol. The highest BCUT2D eigenvalue weighted by Crippen LogP contribution is 2.38. The van der Waals surface area contributed by atoms with Crippen LogP contribution in [-0.2, 0) is 9.47 Å². The van der Waals surface area contributed by atoms with E-state index in [2.05, 4.69) is 15.9 Å². The van der Waals surface area contributed by atoms with Gasteiger partial charge in [-0.2, -0.15) is 0 Å². The van der Waals surface area contributed by atoms with Crippen molar-refractivity contribution in [1.29, 1.82) is 0 Å². The van der Waals surface area contributed by atoms with Crippen LogP contribution in [0.5, 0.6) is 0 Å². The van der Waals surface area contributed by atoms with Crippen molar-refractivity contribution in [2.45, 2.75) is 13.2 Å². The lowest BCUT2D eigenvalue weighted by Crippen LogP contribution is -2.04. The van der Waals surface area contributed by atoms with Crippen molar-refractivity contribution in [3.05, 3.63) is 45.0 Å². The standard InChI is InChI=1S/C10H7BrClFO2/c1-5-4-6(13)7(8(11)9(5)12)10-14-2-3-15-10/h2-4,10H,1H3. The molecule has 0 saturated heterocycles. The zero-order valence-corrected chi connectivity index (χ0v) is 10.1. The van der Waals surface area contributed by atoms with E-state index < -0.39 is 12.1 Å². The maximum atomic E-state index is 13.7. The minimum Gasteiger partial charge on any atom is -0.455 e. The molecule has 1 aromatic rings. The summed E-state index contributed by atoms with van der Waals surface area (Å²) in [6, 6.07) is 1.35. The third-order valence-electron chi connectivity index (χ3n) is 2.07. The van der Waals surface area contributed by atoms with Gasteiger partial charge >= 0.3 is 0 Å². The first-order chi connectivity index (χ1) is 7.11. The van der Waals surface area contributed by atoms with Gasteiger partial charge in [0.05, 0.1) is 15.1 Å². The van der Waals surface area contributed by atoms with Crippen molar-refractivity contribution in [2.24, 2.45) is 0 Å². The van der Waals surface area contributed by atoms with Crippen LogP contribution in [0.3, 0.4) is 0 Å². The molecule has 0 fully saturated rings. The van der Waals surface area contributed by atoms with Gasteiger partial charge in [0.2, 0.25) is 0 Å². The SMILES string of the molecule is Cc1cc(F)c(C2OC=CO2)c(Br)c1Cl. The summed E-state index contributed by atoms with van der Waals surface area (Å²) in [5.41, 5.74) is 0.936. The van der Waals surface area contributed by atoms with Crippen molar-refractivity contribution in [3.8, 4) is 0 Å². The molecule has 0 N–H and O–H groups in total. The van der Waals surface area contributed by atoms with Crippen molar-refractivity contribution in [3.63, 3.8) is 0 Å². The van der Waals surface area contributed by atoms with E-state index in [0.29, 0.717) is 15.1 Å². The van der Waals surface area contributed by atoms with E-state index in [4.69, 9.17) is 21.1 Å². The molecule has 1 aromatic carbocycles. The Kier molecular flexibility index (Phi) is 2.89. The van der Waals surface area contributed by atoms with E-state index in [1.165, 1.54) is 18.6 Å². The number of hydrogen-bond acceptors (Lipinski definition) is 2. The predicted molar refractivity (Wildman–Crippen MR) is 57.9 cm³/mol. The van der Waals surface area contributed by atoms with Crippen LogP contribution in [0.25, 0.3) is 0 Å². The highest BCUT2D eigenvalue weighted by atomic mass is 79.9. The normalized spacial score (nSPS) is 15.2. The number of hydrogen-bond donors (Lipinski definition) is 0. The fourth-order valence-corrected chi connectivity index (χ4v) is 2.16. The first-order valence-electron chi connectivity index (χ1n) is 4.21. The molecular formula is C10H7BrClFO2. The number of rotatable bonds is 1. The summed E-state index contributed by atoms with van der Waals surface area (Å²) in [6.07, 6.45) is 1.96. The average Bonchev–Trinajstić information content (AvgIpc) is 2.68. The van der Waals surface area contributed by atoms with E-state index in [9.17, 15) is 4.39 Å². The number of benzene rings is 1. The summed E-state index contributed by atoms with van der Waals surface area (Å²) in [5.74, 6) is -0.405. The second kappa shape index (κ2) is 4.02. The summed E-state index contributed by atoms with van der Waals surface area (Å²) in [6.45, 7) is 1.73. The lowest BCUT2D eigenvalue weighted by Gasteiger charge is -2.15. The number of aryl methyl sites for hydroxylation is 1. The summed E-state index contributed by atoms with van der Waals surface area (Å²) < 4.78 is 24.3. The Morgan fingerprint density at radius 2 is 2.00 bits per heavy atom. The van der Waals surface area contributed by atoms with Gasteiger partial charge in [0.1, 0.15) is 18.3 Å². The van der Waals surface area contributed by atoms with E-state index in [0.717, 1.165) is 0 Å². The molecule has 0 bridgehead atoms. The van der Waals surface area contributed by atoms with Crippen molar-refractivity contribution in [2.75, 3.05) is 0 Å². The second-order valence-electron chi connectivity index (χ2n) is 3.09. The summed E-state index contributed by atoms with van der Waals surface area (Å²) in [5, 5.41) is 0.463. The third kappa shape index (κ3) is 1.84. The lowest BCUT2D eigenvalue weighted by atomic mass is 10.1. The van der Waals surface area contributed by atoms with Gasteiger partial charge in [-0.15, -0.1) is 0 Å². The van der Waals surface area contributed by atoms with Crippen molar-refractivity contribution in [1.82, 2.24) is 0 Å². The number of ether oxygens (including phenoxy) is 2. The third-order valence-corrected chi connectivity index (χ3v) is 3.61. The van der Waals surface area contributed by atoms with Crippen LogP contribution in [0.4, 0.5) is 4.39 Å². The molecule has 1 heterocycles. The van der Waals surface area contributed by atoms with Gasteiger partial charge in [0, 0.05) is 0 Å². The fraction of sp³-hybridized carbons (Fsp3) is 0.200. The molecule has 1 aliphatic rings. The predicted octanol–water partition coefficient (Wildman–Crippen LogP) is 4.07. The maximum Gasteiger partial charge on any atom is 0.270 e. The molecule has 2 nitrogen and oxygen atoms in total. The molecule has 0 aliphatic carbocycles. The minimum absolute atomic E-state index is 0.274. The van der Waals surface area contributed by atoms with Gasteiger partial charge in [-0.05, 0) is 34.5 Å². The Morgan fingerprint density at radius 3 is 2.60 bits per heavy atom. The summed E-state index contributed by atoms with van der Waals surface area (Å²) in [4.78, 5) is 0. The molecule has 0 radical (unpaired) electrons. The largest absolute Gasteiger partial charge is 0.455 e. The van der Waals surface area contributed by atoms with Crippen LogP contribution in [0.2, 0.25) is 5.02 Å². The van der Waals surface area contributed by atoms with E-state index >= 15 is 0 Å². The highest BCUT2D eigenvalue weighted by molar-refractivity contribution is 9.10. The molecule has 0 unspecified atom stereocenters. The van der Waals surface area contributed by atoms with Gasteiger partial charge < -0.3 is 9.47 Å². The summed E-state index contributed by atoms with van der Waals surface area (Å²) in [7, 11) is 0. The zero-order valence-electron chi connectivity index (χ0n) is 7.76. The van der Waals surface area contributed by atoms with Gasteiger partial charge in [-0.3, -0.25) is 0 Å². The fourth-order valence-electron chi connectivity index (χ4n) is 1.32. The van der Waals surface area contributed by atoms with Crippen molar-refractivity contribution >= 4 is 27.5 Å². The van der Waals surface area contributed by atoms with Gasteiger partial charge in [-0.1, -0.05) is 11.6 Å². The van der Waals surface area contributed by atoms with Gasteiger partial charge in [0.15, 0.2) is 0 Å². The molecule has 2 rings (SSSR count). The van der Waals surface area contributed by atoms with E-state index in [1.54, 1.807) is 6.92 Å². The molecule has 0 saturated carbocycles. The van der Waals surface area contributed by atoms with Crippen LogP contribution in [0, 0.1) is 12.7 Å². The van der Waals surface area contributed by atoms with E-state index in [1.807, 2.05) is 0 Å². The Labute approximate surface area is 99.8 Å². The van der Waals surface area contributed by atoms with Crippen LogP contribution in [0.1, 0.15) is 17.4 Å². The zero-order chi connectivity index (χ0) is 11.0. The minimum atomic E-state index is -0.766. The Bertz CT molecular complexity index is 426. The Hall–Kier alpha value is -0.740. The molecule has 1 aliphatic heterocycles. The highest BCUT2D eigenvalue weighted by Gasteiger charge is 2.25. The van der Waals surface area contributed by atoms with Gasteiger partial charge in [-0.25, -0.2) is 4.39 Å².